The molecule has 0 spiro atoms. The highest BCUT2D eigenvalue weighted by Gasteiger charge is 2.17. The van der Waals surface area contributed by atoms with Gasteiger partial charge in [0.15, 0.2) is 5.69 Å². The molecule has 0 amide bonds. The van der Waals surface area contributed by atoms with E-state index in [9.17, 15) is 4.79 Å². The molecule has 1 fully saturated rings. The zero-order valence-electron chi connectivity index (χ0n) is 12.4. The van der Waals surface area contributed by atoms with E-state index in [4.69, 9.17) is 5.11 Å². The molecule has 0 atom stereocenters. The van der Waals surface area contributed by atoms with E-state index in [2.05, 4.69) is 39.0 Å². The average molecular weight is 297 g/mol. The van der Waals surface area contributed by atoms with Gasteiger partial charge in [0.25, 0.3) is 0 Å². The zero-order chi connectivity index (χ0) is 15.4. The number of hydrogen-bond donors (Lipinski definition) is 1. The second-order valence-corrected chi connectivity index (χ2v) is 5.35. The standard InChI is InChI=1S/C17H19N3O2/c21-17(22)15-8-4-9-16(18-15)20-11-5-10-19(12-13-20)14-6-2-1-3-7-14/h1-4,6-9H,5,10-13H2,(H,21,22). The lowest BCUT2D eigenvalue weighted by molar-refractivity contribution is 0.0690. The summed E-state index contributed by atoms with van der Waals surface area (Å²) in [5, 5.41) is 9.06. The van der Waals surface area contributed by atoms with E-state index in [-0.39, 0.29) is 5.69 Å². The van der Waals surface area contributed by atoms with Crippen LogP contribution in [0.5, 0.6) is 0 Å². The smallest absolute Gasteiger partial charge is 0.354 e. The molecular weight excluding hydrogens is 278 g/mol. The minimum atomic E-state index is -0.984. The van der Waals surface area contributed by atoms with Crippen LogP contribution in [0.3, 0.4) is 0 Å². The molecule has 0 bridgehead atoms. The maximum Gasteiger partial charge on any atom is 0.354 e. The molecule has 0 saturated carbocycles. The zero-order valence-corrected chi connectivity index (χ0v) is 12.4. The Morgan fingerprint density at radius 2 is 1.64 bits per heavy atom. The van der Waals surface area contributed by atoms with Crippen LogP contribution in [0.4, 0.5) is 11.5 Å². The summed E-state index contributed by atoms with van der Waals surface area (Å²) in [5.74, 6) is -0.239. The largest absolute Gasteiger partial charge is 0.477 e. The monoisotopic (exact) mass is 297 g/mol. The number of rotatable bonds is 3. The number of benzene rings is 1. The maximum atomic E-state index is 11.1. The minimum Gasteiger partial charge on any atom is -0.477 e. The predicted octanol–water partition coefficient (Wildman–Crippen LogP) is 2.50. The fraction of sp³-hybridized carbons (Fsp3) is 0.294. The highest BCUT2D eigenvalue weighted by atomic mass is 16.4. The molecule has 1 aromatic heterocycles. The molecule has 1 N–H and O–H groups in total. The highest BCUT2D eigenvalue weighted by Crippen LogP contribution is 2.19. The number of hydrogen-bond acceptors (Lipinski definition) is 4. The van der Waals surface area contributed by atoms with Gasteiger partial charge in [0.2, 0.25) is 0 Å². The van der Waals surface area contributed by atoms with E-state index in [0.717, 1.165) is 38.4 Å². The van der Waals surface area contributed by atoms with Crippen LogP contribution in [0, 0.1) is 0 Å². The second-order valence-electron chi connectivity index (χ2n) is 5.35. The molecule has 1 aliphatic heterocycles. The van der Waals surface area contributed by atoms with E-state index < -0.39 is 5.97 Å². The van der Waals surface area contributed by atoms with E-state index >= 15 is 0 Å². The quantitative estimate of drug-likeness (QED) is 0.943. The van der Waals surface area contributed by atoms with Crippen LogP contribution in [-0.4, -0.2) is 42.2 Å². The van der Waals surface area contributed by atoms with Crippen molar-refractivity contribution in [2.24, 2.45) is 0 Å². The van der Waals surface area contributed by atoms with Gasteiger partial charge in [-0.2, -0.15) is 0 Å². The van der Waals surface area contributed by atoms with E-state index in [1.165, 1.54) is 11.8 Å². The predicted molar refractivity (Wildman–Crippen MR) is 86.7 cm³/mol. The van der Waals surface area contributed by atoms with E-state index in [1.54, 1.807) is 6.07 Å². The number of nitrogens with zero attached hydrogens (tertiary/aromatic N) is 3. The molecule has 114 valence electrons. The minimum absolute atomic E-state index is 0.0988. The summed E-state index contributed by atoms with van der Waals surface area (Å²) in [6.07, 6.45) is 1.02. The molecule has 0 radical (unpaired) electrons. The van der Waals surface area contributed by atoms with Crippen molar-refractivity contribution >= 4 is 17.5 Å². The third kappa shape index (κ3) is 3.19. The molecule has 0 aliphatic carbocycles. The molecule has 2 aromatic rings. The summed E-state index contributed by atoms with van der Waals surface area (Å²) < 4.78 is 0. The number of aromatic nitrogens is 1. The number of anilines is 2. The maximum absolute atomic E-state index is 11.1. The van der Waals surface area contributed by atoms with E-state index in [1.807, 2.05) is 12.1 Å². The number of para-hydroxylation sites is 1. The lowest BCUT2D eigenvalue weighted by atomic mass is 10.3. The molecule has 22 heavy (non-hydrogen) atoms. The third-order valence-electron chi connectivity index (χ3n) is 3.89. The molecule has 2 heterocycles. The first-order valence-electron chi connectivity index (χ1n) is 7.49. The normalized spacial score (nSPS) is 15.5. The topological polar surface area (TPSA) is 56.7 Å². The van der Waals surface area contributed by atoms with Gasteiger partial charge in [-0.3, -0.25) is 0 Å². The van der Waals surface area contributed by atoms with Gasteiger partial charge >= 0.3 is 5.97 Å². The molecule has 3 rings (SSSR count). The summed E-state index contributed by atoms with van der Waals surface area (Å²) in [6.45, 7) is 3.63. The van der Waals surface area contributed by atoms with Crippen molar-refractivity contribution in [3.63, 3.8) is 0 Å². The fourth-order valence-electron chi connectivity index (χ4n) is 2.76. The van der Waals surface area contributed by atoms with Crippen molar-refractivity contribution in [1.29, 1.82) is 0 Å². The Hall–Kier alpha value is -2.56. The molecule has 5 nitrogen and oxygen atoms in total. The number of carbonyl (C=O) groups is 1. The van der Waals surface area contributed by atoms with Crippen LogP contribution in [0.2, 0.25) is 0 Å². The summed E-state index contributed by atoms with van der Waals surface area (Å²) in [7, 11) is 0. The van der Waals surface area contributed by atoms with Gasteiger partial charge in [-0.15, -0.1) is 0 Å². The highest BCUT2D eigenvalue weighted by molar-refractivity contribution is 5.85. The second kappa shape index (κ2) is 6.47. The SMILES string of the molecule is O=C(O)c1cccc(N2CCCN(c3ccccc3)CC2)n1. The van der Waals surface area contributed by atoms with Crippen molar-refractivity contribution in [1.82, 2.24) is 4.98 Å². The Kier molecular flexibility index (Phi) is 4.23. The van der Waals surface area contributed by atoms with Gasteiger partial charge in [0.1, 0.15) is 5.82 Å². The van der Waals surface area contributed by atoms with Crippen LogP contribution >= 0.6 is 0 Å². The van der Waals surface area contributed by atoms with Gasteiger partial charge in [0, 0.05) is 31.9 Å². The lowest BCUT2D eigenvalue weighted by Crippen LogP contribution is -2.31. The molecule has 1 aromatic carbocycles. The number of pyridine rings is 1. The molecule has 1 saturated heterocycles. The summed E-state index contributed by atoms with van der Waals surface area (Å²) >= 11 is 0. The van der Waals surface area contributed by atoms with Crippen LogP contribution < -0.4 is 9.80 Å². The van der Waals surface area contributed by atoms with Crippen molar-refractivity contribution < 1.29 is 9.90 Å². The Morgan fingerprint density at radius 1 is 0.909 bits per heavy atom. The first-order valence-corrected chi connectivity index (χ1v) is 7.49. The number of carboxylic acids is 1. The van der Waals surface area contributed by atoms with Gasteiger partial charge in [-0.05, 0) is 30.7 Å². The van der Waals surface area contributed by atoms with Crippen molar-refractivity contribution in [2.45, 2.75) is 6.42 Å². The Bertz CT molecular complexity index is 645. The van der Waals surface area contributed by atoms with Gasteiger partial charge in [0.05, 0.1) is 0 Å². The van der Waals surface area contributed by atoms with Crippen LogP contribution in [0.1, 0.15) is 16.9 Å². The fourth-order valence-corrected chi connectivity index (χ4v) is 2.76. The Balaban J connectivity index is 1.73. The third-order valence-corrected chi connectivity index (χ3v) is 3.89. The summed E-state index contributed by atoms with van der Waals surface area (Å²) in [6, 6.07) is 15.5. The Morgan fingerprint density at radius 3 is 2.41 bits per heavy atom. The Labute approximate surface area is 129 Å². The molecule has 5 heteroatoms. The van der Waals surface area contributed by atoms with Gasteiger partial charge < -0.3 is 14.9 Å². The van der Waals surface area contributed by atoms with Crippen molar-refractivity contribution in [2.75, 3.05) is 36.0 Å². The van der Waals surface area contributed by atoms with Gasteiger partial charge in [-0.25, -0.2) is 9.78 Å². The van der Waals surface area contributed by atoms with Crippen LogP contribution in [0.25, 0.3) is 0 Å². The lowest BCUT2D eigenvalue weighted by Gasteiger charge is -2.24. The number of carboxylic acid groups (broad SMARTS) is 1. The van der Waals surface area contributed by atoms with Gasteiger partial charge in [-0.1, -0.05) is 24.3 Å². The van der Waals surface area contributed by atoms with Crippen molar-refractivity contribution in [3.8, 4) is 0 Å². The number of aromatic carboxylic acids is 1. The van der Waals surface area contributed by atoms with Crippen LogP contribution in [-0.2, 0) is 0 Å². The van der Waals surface area contributed by atoms with Crippen LogP contribution in [0.15, 0.2) is 48.5 Å². The molecule has 0 unspecified atom stereocenters. The molecular formula is C17H19N3O2. The average Bonchev–Trinajstić information content (AvgIpc) is 2.82. The first-order chi connectivity index (χ1) is 10.7. The summed E-state index contributed by atoms with van der Waals surface area (Å²) in [4.78, 5) is 19.8. The summed E-state index contributed by atoms with van der Waals surface area (Å²) in [5.41, 5.74) is 1.33. The van der Waals surface area contributed by atoms with E-state index in [0.29, 0.717) is 0 Å². The van der Waals surface area contributed by atoms with Crippen molar-refractivity contribution in [3.05, 3.63) is 54.2 Å². The molecule has 1 aliphatic rings. The first kappa shape index (κ1) is 14.4.